The van der Waals surface area contributed by atoms with Crippen LogP contribution in [0.1, 0.15) is 16.7 Å². The SMILES string of the molecule is O=C(COc1ccnc2c(C(F)(F)F)cccc12)N1Cc2ccc(S(=O)(=O)Nc3ncns3)cc2C1. The van der Waals surface area contributed by atoms with E-state index in [1.54, 1.807) is 6.07 Å². The summed E-state index contributed by atoms with van der Waals surface area (Å²) in [6.07, 6.45) is -2.15. The molecule has 0 unspecified atom stereocenters. The van der Waals surface area contributed by atoms with Gasteiger partial charge in [-0.1, -0.05) is 12.1 Å². The summed E-state index contributed by atoms with van der Waals surface area (Å²) in [4.78, 5) is 21.9. The van der Waals surface area contributed by atoms with Crippen LogP contribution in [0.15, 0.2) is 59.9 Å². The Balaban J connectivity index is 1.28. The molecule has 2 aromatic carbocycles. The maximum absolute atomic E-state index is 13.3. The van der Waals surface area contributed by atoms with Crippen LogP contribution in [0.2, 0.25) is 0 Å². The van der Waals surface area contributed by atoms with E-state index in [0.29, 0.717) is 5.56 Å². The molecule has 14 heteroatoms. The molecule has 0 saturated carbocycles. The third-order valence-corrected chi connectivity index (χ3v) is 7.58. The number of benzene rings is 2. The minimum atomic E-state index is -4.58. The van der Waals surface area contributed by atoms with Crippen LogP contribution in [0.3, 0.4) is 0 Å². The number of hydrogen-bond donors (Lipinski definition) is 1. The van der Waals surface area contributed by atoms with Gasteiger partial charge in [0.05, 0.1) is 16.0 Å². The molecule has 0 spiro atoms. The molecule has 1 aliphatic heterocycles. The molecule has 3 heterocycles. The minimum absolute atomic E-state index is 0.0192. The molecule has 4 aromatic rings. The number of sulfonamides is 1. The molecule has 2 aromatic heterocycles. The zero-order valence-electron chi connectivity index (χ0n) is 18.2. The van der Waals surface area contributed by atoms with Crippen LogP contribution in [-0.2, 0) is 34.1 Å². The Morgan fingerprint density at radius 3 is 2.67 bits per heavy atom. The first kappa shape index (κ1) is 23.9. The molecular formula is C22H16F3N5O4S2. The molecule has 9 nitrogen and oxygen atoms in total. The number of fused-ring (bicyclic) bond motifs is 2. The highest BCUT2D eigenvalue weighted by Gasteiger charge is 2.33. The molecule has 0 aliphatic carbocycles. The summed E-state index contributed by atoms with van der Waals surface area (Å²) in [5.74, 6) is -0.299. The van der Waals surface area contributed by atoms with Crippen molar-refractivity contribution in [3.63, 3.8) is 0 Å². The van der Waals surface area contributed by atoms with Crippen molar-refractivity contribution in [2.75, 3.05) is 11.3 Å². The van der Waals surface area contributed by atoms with Crippen molar-refractivity contribution in [3.8, 4) is 5.75 Å². The molecule has 36 heavy (non-hydrogen) atoms. The lowest BCUT2D eigenvalue weighted by Gasteiger charge is -2.17. The van der Waals surface area contributed by atoms with Crippen molar-refractivity contribution in [2.45, 2.75) is 24.2 Å². The van der Waals surface area contributed by atoms with Gasteiger partial charge in [-0.15, -0.1) is 0 Å². The average Bonchev–Trinajstić information content (AvgIpc) is 3.50. The van der Waals surface area contributed by atoms with Crippen LogP contribution in [0.25, 0.3) is 10.9 Å². The third-order valence-electron chi connectivity index (χ3n) is 5.53. The fourth-order valence-electron chi connectivity index (χ4n) is 3.84. The molecule has 0 bridgehead atoms. The first-order chi connectivity index (χ1) is 17.1. The quantitative estimate of drug-likeness (QED) is 0.399. The maximum Gasteiger partial charge on any atom is 0.418 e. The first-order valence-electron chi connectivity index (χ1n) is 10.4. The second-order valence-electron chi connectivity index (χ2n) is 7.83. The number of anilines is 1. The number of para-hydroxylation sites is 1. The lowest BCUT2D eigenvalue weighted by atomic mass is 10.1. The molecule has 1 aliphatic rings. The fourth-order valence-corrected chi connectivity index (χ4v) is 5.55. The highest BCUT2D eigenvalue weighted by molar-refractivity contribution is 7.93. The van der Waals surface area contributed by atoms with Crippen molar-refractivity contribution >= 4 is 43.5 Å². The molecule has 1 amide bonds. The monoisotopic (exact) mass is 535 g/mol. The first-order valence-corrected chi connectivity index (χ1v) is 12.6. The summed E-state index contributed by atoms with van der Waals surface area (Å²) >= 11 is 0.903. The summed E-state index contributed by atoms with van der Waals surface area (Å²) in [7, 11) is -3.88. The Bertz CT molecular complexity index is 1560. The van der Waals surface area contributed by atoms with Gasteiger partial charge < -0.3 is 9.64 Å². The number of pyridine rings is 1. The van der Waals surface area contributed by atoms with E-state index >= 15 is 0 Å². The number of carbonyl (C=O) groups is 1. The van der Waals surface area contributed by atoms with Crippen molar-refractivity contribution in [3.05, 3.63) is 71.7 Å². The van der Waals surface area contributed by atoms with E-state index in [2.05, 4.69) is 19.1 Å². The minimum Gasteiger partial charge on any atom is -0.483 e. The largest absolute Gasteiger partial charge is 0.483 e. The van der Waals surface area contributed by atoms with Gasteiger partial charge in [0, 0.05) is 36.2 Å². The van der Waals surface area contributed by atoms with Crippen molar-refractivity contribution in [1.29, 1.82) is 0 Å². The van der Waals surface area contributed by atoms with Crippen LogP contribution in [0.5, 0.6) is 5.75 Å². The number of halogens is 3. The Morgan fingerprint density at radius 1 is 1.11 bits per heavy atom. The highest BCUT2D eigenvalue weighted by atomic mass is 32.2. The molecular weight excluding hydrogens is 519 g/mol. The molecule has 0 atom stereocenters. The smallest absolute Gasteiger partial charge is 0.418 e. The zero-order chi connectivity index (χ0) is 25.5. The normalized spacial score (nSPS) is 13.6. The van der Waals surface area contributed by atoms with Crippen LogP contribution in [-0.4, -0.2) is 40.2 Å². The zero-order valence-corrected chi connectivity index (χ0v) is 19.8. The summed E-state index contributed by atoms with van der Waals surface area (Å²) in [5.41, 5.74) is 0.285. The summed E-state index contributed by atoms with van der Waals surface area (Å²) in [6, 6.07) is 9.59. The Hall–Kier alpha value is -3.78. The van der Waals surface area contributed by atoms with Crippen LogP contribution in [0.4, 0.5) is 18.3 Å². The van der Waals surface area contributed by atoms with Gasteiger partial charge in [0.1, 0.15) is 12.1 Å². The van der Waals surface area contributed by atoms with E-state index in [1.165, 1.54) is 47.8 Å². The van der Waals surface area contributed by atoms with Crippen molar-refractivity contribution in [1.82, 2.24) is 19.2 Å². The number of amides is 1. The van der Waals surface area contributed by atoms with Crippen LogP contribution < -0.4 is 9.46 Å². The number of nitrogens with zero attached hydrogens (tertiary/aromatic N) is 4. The van der Waals surface area contributed by atoms with E-state index in [0.717, 1.165) is 23.2 Å². The number of nitrogens with one attached hydrogen (secondary N) is 1. The van der Waals surface area contributed by atoms with Gasteiger partial charge in [-0.05, 0) is 41.5 Å². The van der Waals surface area contributed by atoms with Crippen LogP contribution in [0, 0.1) is 0 Å². The Labute approximate surface area is 206 Å². The van der Waals surface area contributed by atoms with Gasteiger partial charge in [0.25, 0.3) is 15.9 Å². The van der Waals surface area contributed by atoms with Gasteiger partial charge >= 0.3 is 6.18 Å². The molecule has 1 N–H and O–H groups in total. The number of ether oxygens (including phenoxy) is 1. The summed E-state index contributed by atoms with van der Waals surface area (Å²) < 4.78 is 76.8. The predicted molar refractivity (Wildman–Crippen MR) is 124 cm³/mol. The summed E-state index contributed by atoms with van der Waals surface area (Å²) in [6.45, 7) is -0.000880. The summed E-state index contributed by atoms with van der Waals surface area (Å²) in [5, 5.41) is 0.276. The van der Waals surface area contributed by atoms with Gasteiger partial charge in [0.15, 0.2) is 6.61 Å². The van der Waals surface area contributed by atoms with Gasteiger partial charge in [-0.3, -0.25) is 14.5 Å². The van der Waals surface area contributed by atoms with Crippen LogP contribution >= 0.6 is 11.5 Å². The predicted octanol–water partition coefficient (Wildman–Crippen LogP) is 3.83. The van der Waals surface area contributed by atoms with Crippen molar-refractivity contribution in [2.24, 2.45) is 0 Å². The number of hydrogen-bond acceptors (Lipinski definition) is 8. The standard InChI is InChI=1S/C22H16F3N5O4S2/c23-22(24,25)17-3-1-2-16-18(6-7-26-20(16)17)34-11-19(31)30-9-13-4-5-15(8-14(13)10-30)36(32,33)29-21-27-12-28-35-21/h1-8,12H,9-11H2,(H,27,28,29). The van der Waals surface area contributed by atoms with E-state index in [9.17, 15) is 26.4 Å². The molecule has 0 fully saturated rings. The Morgan fingerprint density at radius 2 is 1.92 bits per heavy atom. The van der Waals surface area contributed by atoms with Crippen molar-refractivity contribution < 1.29 is 31.1 Å². The second kappa shape index (κ2) is 9.02. The maximum atomic E-state index is 13.3. The van der Waals surface area contributed by atoms with E-state index in [1.807, 2.05) is 0 Å². The average molecular weight is 536 g/mol. The van der Waals surface area contributed by atoms with Gasteiger partial charge in [-0.2, -0.15) is 17.5 Å². The number of carbonyl (C=O) groups excluding carboxylic acids is 1. The molecule has 0 saturated heterocycles. The lowest BCUT2D eigenvalue weighted by molar-refractivity contribution is -0.136. The van der Waals surface area contributed by atoms with E-state index in [4.69, 9.17) is 4.74 Å². The van der Waals surface area contributed by atoms with E-state index in [-0.39, 0.29) is 39.8 Å². The fraction of sp³-hybridized carbons (Fsp3) is 0.182. The molecule has 5 rings (SSSR count). The number of aromatic nitrogens is 3. The lowest BCUT2D eigenvalue weighted by Crippen LogP contribution is -2.30. The molecule has 0 radical (unpaired) electrons. The van der Waals surface area contributed by atoms with Gasteiger partial charge in [-0.25, -0.2) is 13.4 Å². The number of rotatable bonds is 6. The topological polar surface area (TPSA) is 114 Å². The second-order valence-corrected chi connectivity index (χ2v) is 10.3. The number of alkyl halides is 3. The Kier molecular flexibility index (Phi) is 6.00. The van der Waals surface area contributed by atoms with E-state index < -0.39 is 34.3 Å². The molecule has 186 valence electrons. The van der Waals surface area contributed by atoms with Gasteiger partial charge in [0.2, 0.25) is 5.13 Å². The highest BCUT2D eigenvalue weighted by Crippen LogP contribution is 2.36. The third kappa shape index (κ3) is 4.68.